The van der Waals surface area contributed by atoms with Crippen LogP contribution >= 0.6 is 0 Å². The van der Waals surface area contributed by atoms with Crippen molar-refractivity contribution in [2.75, 3.05) is 5.32 Å². The lowest BCUT2D eigenvalue weighted by Gasteiger charge is -2.15. The Morgan fingerprint density at radius 2 is 2.06 bits per heavy atom. The highest BCUT2D eigenvalue weighted by Crippen LogP contribution is 2.22. The first-order valence-electron chi connectivity index (χ1n) is 5.46. The van der Waals surface area contributed by atoms with Crippen LogP contribution < -0.4 is 5.32 Å². The van der Waals surface area contributed by atoms with Crippen LogP contribution in [0.3, 0.4) is 0 Å². The first kappa shape index (κ1) is 11.0. The molecular formula is C12H15NO3. The molecular weight excluding hydrogens is 206 g/mol. The summed E-state index contributed by atoms with van der Waals surface area (Å²) >= 11 is 0. The van der Waals surface area contributed by atoms with Crippen LogP contribution in [-0.4, -0.2) is 23.4 Å². The van der Waals surface area contributed by atoms with E-state index in [0.717, 1.165) is 12.8 Å². The van der Waals surface area contributed by atoms with Crippen LogP contribution in [-0.2, 0) is 4.74 Å². The van der Waals surface area contributed by atoms with Gasteiger partial charge in [-0.2, -0.15) is 0 Å². The van der Waals surface area contributed by atoms with E-state index in [9.17, 15) is 9.90 Å². The quantitative estimate of drug-likeness (QED) is 0.804. The third-order valence-electron chi connectivity index (χ3n) is 2.70. The van der Waals surface area contributed by atoms with Gasteiger partial charge in [-0.15, -0.1) is 0 Å². The third-order valence-corrected chi connectivity index (χ3v) is 2.70. The average molecular weight is 221 g/mol. The summed E-state index contributed by atoms with van der Waals surface area (Å²) in [7, 11) is 0. The Balaban J connectivity index is 1.85. The van der Waals surface area contributed by atoms with Gasteiger partial charge in [-0.3, -0.25) is 5.32 Å². The molecule has 0 aromatic heterocycles. The third kappa shape index (κ3) is 2.73. The van der Waals surface area contributed by atoms with Gasteiger partial charge in [-0.1, -0.05) is 18.2 Å². The minimum Gasteiger partial charge on any atom is -0.443 e. The first-order valence-corrected chi connectivity index (χ1v) is 5.46. The fraction of sp³-hybridized carbons (Fsp3) is 0.417. The molecule has 2 rings (SSSR count). The van der Waals surface area contributed by atoms with Gasteiger partial charge in [0.25, 0.3) is 0 Å². The number of hydrogen-bond donors (Lipinski definition) is 2. The lowest BCUT2D eigenvalue weighted by Crippen LogP contribution is -2.28. The zero-order valence-corrected chi connectivity index (χ0v) is 8.93. The number of ether oxygens (including phenoxy) is 1. The highest BCUT2D eigenvalue weighted by atomic mass is 16.6. The number of carbonyl (C=O) groups excluding carboxylic acids is 1. The molecule has 0 spiro atoms. The molecule has 0 heterocycles. The number of anilines is 1. The summed E-state index contributed by atoms with van der Waals surface area (Å²) in [6.07, 6.45) is 0.985. The number of benzene rings is 1. The van der Waals surface area contributed by atoms with Crippen LogP contribution in [0.1, 0.15) is 19.3 Å². The monoisotopic (exact) mass is 221 g/mol. The second kappa shape index (κ2) is 4.99. The minimum atomic E-state index is -0.512. The molecule has 0 radical (unpaired) electrons. The number of para-hydroxylation sites is 1. The molecule has 2 atom stereocenters. The van der Waals surface area contributed by atoms with Crippen molar-refractivity contribution in [1.29, 1.82) is 0 Å². The van der Waals surface area contributed by atoms with Crippen LogP contribution in [0.2, 0.25) is 0 Å². The predicted octanol–water partition coefficient (Wildman–Crippen LogP) is 2.15. The normalized spacial score (nSPS) is 24.1. The van der Waals surface area contributed by atoms with Crippen molar-refractivity contribution < 1.29 is 14.6 Å². The van der Waals surface area contributed by atoms with Gasteiger partial charge in [0, 0.05) is 5.69 Å². The SMILES string of the molecule is O=C(Nc1ccccc1)O[C@@H]1CCC[C@@H]1O. The van der Waals surface area contributed by atoms with Crippen LogP contribution in [0.25, 0.3) is 0 Å². The second-order valence-corrected chi connectivity index (χ2v) is 3.93. The highest BCUT2D eigenvalue weighted by molar-refractivity contribution is 5.84. The van der Waals surface area contributed by atoms with Crippen LogP contribution in [0, 0.1) is 0 Å². The standard InChI is InChI=1S/C12H15NO3/c14-10-7-4-8-11(10)16-12(15)13-9-5-2-1-3-6-9/h1-3,5-6,10-11,14H,4,7-8H2,(H,13,15)/t10-,11+/m0/s1. The van der Waals surface area contributed by atoms with Gasteiger partial charge >= 0.3 is 6.09 Å². The molecule has 1 saturated carbocycles. The Hall–Kier alpha value is -1.55. The molecule has 2 N–H and O–H groups in total. The molecule has 0 saturated heterocycles. The molecule has 1 fully saturated rings. The van der Waals surface area contributed by atoms with Crippen LogP contribution in [0.15, 0.2) is 30.3 Å². The topological polar surface area (TPSA) is 58.6 Å². The van der Waals surface area contributed by atoms with E-state index < -0.39 is 12.2 Å². The largest absolute Gasteiger partial charge is 0.443 e. The van der Waals surface area contributed by atoms with Crippen molar-refractivity contribution in [3.63, 3.8) is 0 Å². The number of aliphatic hydroxyl groups is 1. The summed E-state index contributed by atoms with van der Waals surface area (Å²) in [6, 6.07) is 9.11. The molecule has 86 valence electrons. The van der Waals surface area contributed by atoms with E-state index in [1.807, 2.05) is 18.2 Å². The number of nitrogens with one attached hydrogen (secondary N) is 1. The molecule has 1 aromatic rings. The van der Waals surface area contributed by atoms with E-state index in [1.54, 1.807) is 12.1 Å². The molecule has 1 aromatic carbocycles. The first-order chi connectivity index (χ1) is 7.75. The lowest BCUT2D eigenvalue weighted by atomic mass is 10.3. The maximum Gasteiger partial charge on any atom is 0.411 e. The lowest BCUT2D eigenvalue weighted by molar-refractivity contribution is 0.0287. The van der Waals surface area contributed by atoms with Crippen LogP contribution in [0.4, 0.5) is 10.5 Å². The van der Waals surface area contributed by atoms with Crippen molar-refractivity contribution in [3.8, 4) is 0 Å². The molecule has 0 unspecified atom stereocenters. The Labute approximate surface area is 94.2 Å². The highest BCUT2D eigenvalue weighted by Gasteiger charge is 2.28. The van der Waals surface area contributed by atoms with Crippen LogP contribution in [0.5, 0.6) is 0 Å². The summed E-state index contributed by atoms with van der Waals surface area (Å²) in [6.45, 7) is 0. The van der Waals surface area contributed by atoms with Crippen molar-refractivity contribution in [1.82, 2.24) is 0 Å². The maximum atomic E-state index is 11.5. The molecule has 4 heteroatoms. The van der Waals surface area contributed by atoms with E-state index >= 15 is 0 Å². The van der Waals surface area contributed by atoms with Gasteiger partial charge in [0.1, 0.15) is 6.10 Å². The Bertz CT molecular complexity index is 353. The number of rotatable bonds is 2. The van der Waals surface area contributed by atoms with E-state index in [-0.39, 0.29) is 6.10 Å². The number of hydrogen-bond acceptors (Lipinski definition) is 3. The van der Waals surface area contributed by atoms with E-state index in [1.165, 1.54) is 0 Å². The molecule has 0 aliphatic heterocycles. The zero-order valence-electron chi connectivity index (χ0n) is 8.93. The van der Waals surface area contributed by atoms with E-state index in [2.05, 4.69) is 5.32 Å². The molecule has 1 amide bonds. The molecule has 0 bridgehead atoms. The summed E-state index contributed by atoms with van der Waals surface area (Å²) in [5.74, 6) is 0. The second-order valence-electron chi connectivity index (χ2n) is 3.93. The Kier molecular flexibility index (Phi) is 3.41. The summed E-state index contributed by atoms with van der Waals surface area (Å²) in [5, 5.41) is 12.1. The van der Waals surface area contributed by atoms with Gasteiger partial charge < -0.3 is 9.84 Å². The summed E-state index contributed by atoms with van der Waals surface area (Å²) in [5.41, 5.74) is 0.694. The van der Waals surface area contributed by atoms with Crippen molar-refractivity contribution in [3.05, 3.63) is 30.3 Å². The zero-order chi connectivity index (χ0) is 11.4. The molecule has 1 aliphatic carbocycles. The Morgan fingerprint density at radius 3 is 2.69 bits per heavy atom. The molecule has 4 nitrogen and oxygen atoms in total. The van der Waals surface area contributed by atoms with E-state index in [0.29, 0.717) is 12.1 Å². The number of carbonyl (C=O) groups is 1. The smallest absolute Gasteiger partial charge is 0.411 e. The molecule has 16 heavy (non-hydrogen) atoms. The van der Waals surface area contributed by atoms with Crippen molar-refractivity contribution in [2.24, 2.45) is 0 Å². The van der Waals surface area contributed by atoms with Gasteiger partial charge in [-0.25, -0.2) is 4.79 Å². The number of amides is 1. The van der Waals surface area contributed by atoms with Gasteiger partial charge in [-0.05, 0) is 31.4 Å². The van der Waals surface area contributed by atoms with Gasteiger partial charge in [0.05, 0.1) is 6.10 Å². The Morgan fingerprint density at radius 1 is 1.31 bits per heavy atom. The van der Waals surface area contributed by atoms with E-state index in [4.69, 9.17) is 4.74 Å². The van der Waals surface area contributed by atoms with Gasteiger partial charge in [0.2, 0.25) is 0 Å². The fourth-order valence-corrected chi connectivity index (χ4v) is 1.85. The average Bonchev–Trinajstić information content (AvgIpc) is 2.66. The minimum absolute atomic E-state index is 0.358. The maximum absolute atomic E-state index is 11.5. The molecule has 1 aliphatic rings. The number of aliphatic hydroxyl groups excluding tert-OH is 1. The summed E-state index contributed by atoms with van der Waals surface area (Å²) in [4.78, 5) is 11.5. The summed E-state index contributed by atoms with van der Waals surface area (Å²) < 4.78 is 5.13. The van der Waals surface area contributed by atoms with Crippen molar-refractivity contribution >= 4 is 11.8 Å². The fourth-order valence-electron chi connectivity index (χ4n) is 1.85. The van der Waals surface area contributed by atoms with Crippen molar-refractivity contribution in [2.45, 2.75) is 31.5 Å². The predicted molar refractivity (Wildman–Crippen MR) is 60.2 cm³/mol. The van der Waals surface area contributed by atoms with Gasteiger partial charge in [0.15, 0.2) is 0 Å².